The number of amides is 1. The Labute approximate surface area is 99.9 Å². The molecule has 0 bridgehead atoms. The third-order valence-corrected chi connectivity index (χ3v) is 2.84. The first-order valence-corrected chi connectivity index (χ1v) is 5.55. The average molecular weight is 229 g/mol. The molecule has 1 atom stereocenters. The summed E-state index contributed by atoms with van der Waals surface area (Å²) in [5, 5.41) is 1.11. The van der Waals surface area contributed by atoms with Crippen molar-refractivity contribution in [3.05, 3.63) is 47.7 Å². The van der Waals surface area contributed by atoms with Gasteiger partial charge in [0.2, 0.25) is 5.91 Å². The minimum absolute atomic E-state index is 0.0369. The van der Waals surface area contributed by atoms with Gasteiger partial charge in [0.15, 0.2) is 0 Å². The molecule has 0 aliphatic carbocycles. The van der Waals surface area contributed by atoms with E-state index in [0.29, 0.717) is 0 Å². The molecule has 0 saturated heterocycles. The lowest BCUT2D eigenvalue weighted by atomic mass is 10.0. The molecule has 1 aromatic heterocycles. The number of nitrogens with two attached hydrogens (primary N) is 1. The highest BCUT2D eigenvalue weighted by molar-refractivity contribution is 5.86. The van der Waals surface area contributed by atoms with Gasteiger partial charge in [0.25, 0.3) is 0 Å². The van der Waals surface area contributed by atoms with Crippen LogP contribution < -0.4 is 5.73 Å². The Morgan fingerprint density at radius 2 is 2.12 bits per heavy atom. The Hall–Kier alpha value is -2.03. The first-order valence-electron chi connectivity index (χ1n) is 5.55. The monoisotopic (exact) mass is 229 g/mol. The number of hydrogen-bond acceptors (Lipinski definition) is 2. The fraction of sp³-hybridized carbons (Fsp3) is 0.214. The fourth-order valence-corrected chi connectivity index (χ4v) is 1.95. The Bertz CT molecular complexity index is 581. The number of para-hydroxylation sites is 1. The Kier molecular flexibility index (Phi) is 3.00. The molecule has 1 unspecified atom stereocenters. The van der Waals surface area contributed by atoms with Crippen molar-refractivity contribution in [3.8, 4) is 0 Å². The predicted octanol–water partition coefficient (Wildman–Crippen LogP) is 2.89. The summed E-state index contributed by atoms with van der Waals surface area (Å²) in [6, 6.07) is 7.90. The minimum atomic E-state index is -0.439. The van der Waals surface area contributed by atoms with Crippen LogP contribution in [0.3, 0.4) is 0 Å². The van der Waals surface area contributed by atoms with Crippen LogP contribution >= 0.6 is 0 Å². The second-order valence-electron chi connectivity index (χ2n) is 4.14. The second kappa shape index (κ2) is 4.45. The van der Waals surface area contributed by atoms with Gasteiger partial charge in [-0.1, -0.05) is 31.2 Å². The van der Waals surface area contributed by atoms with Crippen LogP contribution in [0.5, 0.6) is 0 Å². The maximum absolute atomic E-state index is 10.7. The lowest BCUT2D eigenvalue weighted by molar-refractivity contribution is -0.113. The van der Waals surface area contributed by atoms with Crippen molar-refractivity contribution in [2.24, 2.45) is 5.73 Å². The van der Waals surface area contributed by atoms with Crippen LogP contribution in [-0.2, 0) is 4.79 Å². The van der Waals surface area contributed by atoms with E-state index in [0.717, 1.165) is 22.3 Å². The van der Waals surface area contributed by atoms with E-state index >= 15 is 0 Å². The molecular formula is C14H15NO2. The normalized spacial score (nSPS) is 13.3. The Morgan fingerprint density at radius 3 is 2.76 bits per heavy atom. The standard InChI is InChI=1S/C14H15NO2/c1-9(7-8-13(15)16)14-10(2)11-5-3-4-6-12(11)17-14/h3-9H,1-2H3,(H2,15,16). The van der Waals surface area contributed by atoms with E-state index < -0.39 is 5.91 Å². The van der Waals surface area contributed by atoms with Crippen LogP contribution in [0.1, 0.15) is 24.2 Å². The smallest absolute Gasteiger partial charge is 0.241 e. The minimum Gasteiger partial charge on any atom is -0.460 e. The number of hydrogen-bond donors (Lipinski definition) is 1. The lowest BCUT2D eigenvalue weighted by Crippen LogP contribution is -2.06. The summed E-state index contributed by atoms with van der Waals surface area (Å²) in [4.78, 5) is 10.7. The summed E-state index contributed by atoms with van der Waals surface area (Å²) in [5.74, 6) is 0.476. The van der Waals surface area contributed by atoms with Crippen molar-refractivity contribution in [3.63, 3.8) is 0 Å². The molecular weight excluding hydrogens is 214 g/mol. The predicted molar refractivity (Wildman–Crippen MR) is 67.7 cm³/mol. The number of carbonyl (C=O) groups excluding carboxylic acids is 1. The number of carbonyl (C=O) groups is 1. The summed E-state index contributed by atoms with van der Waals surface area (Å²) in [7, 11) is 0. The van der Waals surface area contributed by atoms with E-state index in [9.17, 15) is 4.79 Å². The third kappa shape index (κ3) is 2.23. The molecule has 88 valence electrons. The first-order chi connectivity index (χ1) is 8.09. The van der Waals surface area contributed by atoms with Gasteiger partial charge in [-0.15, -0.1) is 0 Å². The molecule has 0 saturated carbocycles. The molecule has 1 amide bonds. The van der Waals surface area contributed by atoms with E-state index in [2.05, 4.69) is 0 Å². The summed E-state index contributed by atoms with van der Waals surface area (Å²) >= 11 is 0. The van der Waals surface area contributed by atoms with E-state index in [-0.39, 0.29) is 5.92 Å². The van der Waals surface area contributed by atoms with E-state index in [4.69, 9.17) is 10.2 Å². The second-order valence-corrected chi connectivity index (χ2v) is 4.14. The van der Waals surface area contributed by atoms with Crippen LogP contribution in [0.25, 0.3) is 11.0 Å². The van der Waals surface area contributed by atoms with Crippen LogP contribution in [0, 0.1) is 6.92 Å². The van der Waals surface area contributed by atoms with Gasteiger partial charge in [-0.2, -0.15) is 0 Å². The molecule has 1 aromatic carbocycles. The number of rotatable bonds is 3. The van der Waals surface area contributed by atoms with E-state index in [1.54, 1.807) is 6.08 Å². The molecule has 3 nitrogen and oxygen atoms in total. The zero-order valence-corrected chi connectivity index (χ0v) is 9.94. The quantitative estimate of drug-likeness (QED) is 0.823. The molecule has 1 heterocycles. The highest BCUT2D eigenvalue weighted by Gasteiger charge is 2.14. The molecule has 2 aromatic rings. The van der Waals surface area contributed by atoms with Gasteiger partial charge >= 0.3 is 0 Å². The lowest BCUT2D eigenvalue weighted by Gasteiger charge is -2.02. The van der Waals surface area contributed by atoms with Gasteiger partial charge in [0.05, 0.1) is 0 Å². The third-order valence-electron chi connectivity index (χ3n) is 2.84. The number of furan rings is 1. The summed E-state index contributed by atoms with van der Waals surface area (Å²) < 4.78 is 5.79. The molecule has 2 rings (SSSR count). The highest BCUT2D eigenvalue weighted by Crippen LogP contribution is 2.30. The van der Waals surface area contributed by atoms with E-state index in [1.807, 2.05) is 38.1 Å². The van der Waals surface area contributed by atoms with Gasteiger partial charge in [0, 0.05) is 11.3 Å². The number of aryl methyl sites for hydroxylation is 1. The van der Waals surface area contributed by atoms with E-state index in [1.165, 1.54) is 6.08 Å². The maximum atomic E-state index is 10.7. The number of allylic oxidation sites excluding steroid dienone is 1. The molecule has 2 N–H and O–H groups in total. The zero-order valence-electron chi connectivity index (χ0n) is 9.94. The van der Waals surface area contributed by atoms with Gasteiger partial charge < -0.3 is 10.2 Å². The largest absolute Gasteiger partial charge is 0.460 e. The number of benzene rings is 1. The highest BCUT2D eigenvalue weighted by atomic mass is 16.3. The summed E-state index contributed by atoms with van der Waals surface area (Å²) in [5.41, 5.74) is 7.06. The van der Waals surface area contributed by atoms with Crippen molar-refractivity contribution in [2.45, 2.75) is 19.8 Å². The fourth-order valence-electron chi connectivity index (χ4n) is 1.95. The van der Waals surface area contributed by atoms with Gasteiger partial charge in [0.1, 0.15) is 11.3 Å². The van der Waals surface area contributed by atoms with Crippen molar-refractivity contribution in [1.82, 2.24) is 0 Å². The van der Waals surface area contributed by atoms with Crippen LogP contribution in [-0.4, -0.2) is 5.91 Å². The summed E-state index contributed by atoms with van der Waals surface area (Å²) in [6.07, 6.45) is 3.13. The van der Waals surface area contributed by atoms with Crippen molar-refractivity contribution in [1.29, 1.82) is 0 Å². The zero-order chi connectivity index (χ0) is 12.4. The van der Waals surface area contributed by atoms with Crippen molar-refractivity contribution < 1.29 is 9.21 Å². The van der Waals surface area contributed by atoms with Crippen molar-refractivity contribution >= 4 is 16.9 Å². The first kappa shape index (κ1) is 11.5. The van der Waals surface area contributed by atoms with Crippen LogP contribution in [0.2, 0.25) is 0 Å². The van der Waals surface area contributed by atoms with Crippen LogP contribution in [0.4, 0.5) is 0 Å². The maximum Gasteiger partial charge on any atom is 0.241 e. The topological polar surface area (TPSA) is 56.2 Å². The average Bonchev–Trinajstić information content (AvgIpc) is 2.64. The molecule has 17 heavy (non-hydrogen) atoms. The summed E-state index contributed by atoms with van der Waals surface area (Å²) in [6.45, 7) is 4.00. The molecule has 0 aliphatic rings. The van der Waals surface area contributed by atoms with Crippen LogP contribution in [0.15, 0.2) is 40.8 Å². The van der Waals surface area contributed by atoms with Gasteiger partial charge in [-0.05, 0) is 24.6 Å². The van der Waals surface area contributed by atoms with Gasteiger partial charge in [-0.25, -0.2) is 0 Å². The Morgan fingerprint density at radius 1 is 1.41 bits per heavy atom. The molecule has 0 fully saturated rings. The molecule has 0 spiro atoms. The SMILES string of the molecule is Cc1c(C(C)C=CC(N)=O)oc2ccccc12. The molecule has 3 heteroatoms. The Balaban J connectivity index is 2.42. The van der Waals surface area contributed by atoms with Gasteiger partial charge in [-0.3, -0.25) is 4.79 Å². The molecule has 0 aliphatic heterocycles. The number of primary amides is 1. The molecule has 0 radical (unpaired) electrons. The number of fused-ring (bicyclic) bond motifs is 1. The van der Waals surface area contributed by atoms with Crippen molar-refractivity contribution in [2.75, 3.05) is 0 Å².